The molecule has 0 fully saturated rings. The number of benzene rings is 1. The molecule has 0 unspecified atom stereocenters. The van der Waals surface area contributed by atoms with Gasteiger partial charge in [-0.25, -0.2) is 0 Å². The molecule has 98 valence electrons. The second kappa shape index (κ2) is 5.52. The van der Waals surface area contributed by atoms with Crippen molar-refractivity contribution in [2.24, 2.45) is 0 Å². The van der Waals surface area contributed by atoms with Gasteiger partial charge in [0.15, 0.2) is 5.78 Å². The fourth-order valence-corrected chi connectivity index (χ4v) is 1.87. The topological polar surface area (TPSA) is 68.0 Å². The quantitative estimate of drug-likeness (QED) is 0.651. The molecule has 0 aliphatic carbocycles. The molecule has 1 heterocycles. The fraction of sp³-hybridized carbons (Fsp3) is 0.200. The van der Waals surface area contributed by atoms with E-state index in [1.54, 1.807) is 18.3 Å². The zero-order chi connectivity index (χ0) is 13.8. The Labute approximate surface area is 112 Å². The first kappa shape index (κ1) is 13.1. The predicted octanol–water partition coefficient (Wildman–Crippen LogP) is 2.79. The minimum Gasteiger partial charge on any atom is -0.398 e. The first-order valence-corrected chi connectivity index (χ1v) is 6.12. The van der Waals surface area contributed by atoms with E-state index < -0.39 is 0 Å². The molecule has 0 saturated carbocycles. The van der Waals surface area contributed by atoms with Crippen LogP contribution in [-0.2, 0) is 6.54 Å². The molecule has 0 aliphatic heterocycles. The van der Waals surface area contributed by atoms with Crippen molar-refractivity contribution in [1.82, 2.24) is 4.98 Å². The van der Waals surface area contributed by atoms with Crippen molar-refractivity contribution in [3.8, 4) is 0 Å². The molecule has 0 spiro atoms. The van der Waals surface area contributed by atoms with Gasteiger partial charge in [-0.3, -0.25) is 9.78 Å². The number of nitrogens with two attached hydrogens (primary N) is 1. The molecule has 0 atom stereocenters. The smallest absolute Gasteiger partial charge is 0.161 e. The number of pyridine rings is 1. The summed E-state index contributed by atoms with van der Waals surface area (Å²) >= 11 is 0. The monoisotopic (exact) mass is 255 g/mol. The normalized spacial score (nSPS) is 10.2. The molecule has 4 nitrogen and oxygen atoms in total. The molecule has 1 aromatic heterocycles. The number of hydrogen-bond donors (Lipinski definition) is 2. The summed E-state index contributed by atoms with van der Waals surface area (Å²) in [6, 6.07) is 7.36. The van der Waals surface area contributed by atoms with Gasteiger partial charge in [-0.1, -0.05) is 0 Å². The maximum Gasteiger partial charge on any atom is 0.161 e. The summed E-state index contributed by atoms with van der Waals surface area (Å²) in [5, 5.41) is 3.28. The van der Waals surface area contributed by atoms with Crippen LogP contribution in [0.25, 0.3) is 0 Å². The van der Waals surface area contributed by atoms with Crippen molar-refractivity contribution >= 4 is 17.2 Å². The summed E-state index contributed by atoms with van der Waals surface area (Å²) in [5.74, 6) is -0.0212. The molecule has 0 aliphatic rings. The number of nitrogens with zero attached hydrogens (tertiary/aromatic N) is 1. The standard InChI is InChI=1S/C15H17N3O/c1-10-5-6-17-8-12(10)9-18-13-3-4-14(11(2)19)15(16)7-13/h3-8,18H,9,16H2,1-2H3. The number of nitrogens with one attached hydrogen (secondary N) is 1. The molecule has 4 heteroatoms. The van der Waals surface area contributed by atoms with Crippen LogP contribution in [0.3, 0.4) is 0 Å². The molecule has 2 aromatic rings. The largest absolute Gasteiger partial charge is 0.398 e. The molecule has 19 heavy (non-hydrogen) atoms. The highest BCUT2D eigenvalue weighted by molar-refractivity contribution is 5.99. The second-order valence-corrected chi connectivity index (χ2v) is 4.51. The summed E-state index contributed by atoms with van der Waals surface area (Å²) in [6.45, 7) is 4.24. The van der Waals surface area contributed by atoms with Crippen LogP contribution < -0.4 is 11.1 Å². The number of anilines is 2. The average Bonchev–Trinajstić information content (AvgIpc) is 2.37. The lowest BCUT2D eigenvalue weighted by molar-refractivity contribution is 0.101. The number of nitrogen functional groups attached to an aromatic ring is 1. The van der Waals surface area contributed by atoms with Crippen LogP contribution in [0, 0.1) is 6.92 Å². The molecule has 1 aromatic carbocycles. The Morgan fingerprint density at radius 3 is 2.79 bits per heavy atom. The van der Waals surface area contributed by atoms with Gasteiger partial charge in [0.05, 0.1) is 0 Å². The third-order valence-electron chi connectivity index (χ3n) is 3.06. The Hall–Kier alpha value is -2.36. The van der Waals surface area contributed by atoms with Crippen LogP contribution in [0.15, 0.2) is 36.7 Å². The van der Waals surface area contributed by atoms with Crippen LogP contribution in [0.4, 0.5) is 11.4 Å². The number of aromatic nitrogens is 1. The highest BCUT2D eigenvalue weighted by atomic mass is 16.1. The Bertz CT molecular complexity index is 608. The maximum atomic E-state index is 11.3. The average molecular weight is 255 g/mol. The van der Waals surface area contributed by atoms with E-state index in [9.17, 15) is 4.79 Å². The van der Waals surface area contributed by atoms with Gasteiger partial charge in [-0.05, 0) is 49.2 Å². The predicted molar refractivity (Wildman–Crippen MR) is 77.2 cm³/mol. The van der Waals surface area contributed by atoms with E-state index in [1.165, 1.54) is 12.5 Å². The van der Waals surface area contributed by atoms with Crippen LogP contribution in [0.2, 0.25) is 0 Å². The third-order valence-corrected chi connectivity index (χ3v) is 3.06. The van der Waals surface area contributed by atoms with E-state index in [2.05, 4.69) is 10.3 Å². The molecule has 3 N–H and O–H groups in total. The van der Waals surface area contributed by atoms with E-state index >= 15 is 0 Å². The third kappa shape index (κ3) is 3.10. The summed E-state index contributed by atoms with van der Waals surface area (Å²) in [7, 11) is 0. The zero-order valence-corrected chi connectivity index (χ0v) is 11.1. The van der Waals surface area contributed by atoms with E-state index in [4.69, 9.17) is 5.73 Å². The molecule has 2 rings (SSSR count). The fourth-order valence-electron chi connectivity index (χ4n) is 1.87. The Morgan fingerprint density at radius 1 is 1.37 bits per heavy atom. The van der Waals surface area contributed by atoms with Crippen molar-refractivity contribution < 1.29 is 4.79 Å². The van der Waals surface area contributed by atoms with Crippen LogP contribution in [0.5, 0.6) is 0 Å². The number of rotatable bonds is 4. The molecule has 0 radical (unpaired) electrons. The van der Waals surface area contributed by atoms with Gasteiger partial charge in [0, 0.05) is 35.9 Å². The summed E-state index contributed by atoms with van der Waals surface area (Å²) < 4.78 is 0. The zero-order valence-electron chi connectivity index (χ0n) is 11.1. The number of carbonyl (C=O) groups is 1. The molecular weight excluding hydrogens is 238 g/mol. The minimum absolute atomic E-state index is 0.0212. The summed E-state index contributed by atoms with van der Waals surface area (Å²) in [5.41, 5.74) is 10.1. The highest BCUT2D eigenvalue weighted by Crippen LogP contribution is 2.19. The lowest BCUT2D eigenvalue weighted by atomic mass is 10.1. The van der Waals surface area contributed by atoms with Gasteiger partial charge in [0.2, 0.25) is 0 Å². The summed E-state index contributed by atoms with van der Waals surface area (Å²) in [4.78, 5) is 15.4. The minimum atomic E-state index is -0.0212. The lowest BCUT2D eigenvalue weighted by Crippen LogP contribution is -2.04. The second-order valence-electron chi connectivity index (χ2n) is 4.51. The molecule has 0 amide bonds. The van der Waals surface area contributed by atoms with E-state index in [1.807, 2.05) is 25.3 Å². The van der Waals surface area contributed by atoms with Gasteiger partial charge in [-0.15, -0.1) is 0 Å². The lowest BCUT2D eigenvalue weighted by Gasteiger charge is -2.10. The SMILES string of the molecule is CC(=O)c1ccc(NCc2cnccc2C)cc1N. The summed E-state index contributed by atoms with van der Waals surface area (Å²) in [6.07, 6.45) is 3.62. The number of carbonyl (C=O) groups excluding carboxylic acids is 1. The number of aryl methyl sites for hydroxylation is 1. The number of ketones is 1. The molecular formula is C15H17N3O. The maximum absolute atomic E-state index is 11.3. The first-order chi connectivity index (χ1) is 9.08. The van der Waals surface area contributed by atoms with Gasteiger partial charge >= 0.3 is 0 Å². The van der Waals surface area contributed by atoms with E-state index in [0.717, 1.165) is 11.3 Å². The van der Waals surface area contributed by atoms with E-state index in [-0.39, 0.29) is 5.78 Å². The van der Waals surface area contributed by atoms with Gasteiger partial charge < -0.3 is 11.1 Å². The first-order valence-electron chi connectivity index (χ1n) is 6.12. The Balaban J connectivity index is 2.11. The van der Waals surface area contributed by atoms with Crippen molar-refractivity contribution in [3.63, 3.8) is 0 Å². The van der Waals surface area contributed by atoms with Gasteiger partial charge in [-0.2, -0.15) is 0 Å². The van der Waals surface area contributed by atoms with Crippen LogP contribution in [0.1, 0.15) is 28.4 Å². The number of Topliss-reactive ketones (excluding diaryl/α,β-unsaturated/α-hetero) is 1. The van der Waals surface area contributed by atoms with E-state index in [0.29, 0.717) is 17.8 Å². The number of hydrogen-bond acceptors (Lipinski definition) is 4. The van der Waals surface area contributed by atoms with Crippen molar-refractivity contribution in [2.45, 2.75) is 20.4 Å². The Morgan fingerprint density at radius 2 is 2.16 bits per heavy atom. The Kier molecular flexibility index (Phi) is 3.80. The molecule has 0 bridgehead atoms. The molecule has 0 saturated heterocycles. The van der Waals surface area contributed by atoms with Crippen molar-refractivity contribution in [3.05, 3.63) is 53.3 Å². The highest BCUT2D eigenvalue weighted by Gasteiger charge is 2.05. The van der Waals surface area contributed by atoms with Crippen LogP contribution >= 0.6 is 0 Å². The van der Waals surface area contributed by atoms with Gasteiger partial charge in [0.1, 0.15) is 0 Å². The van der Waals surface area contributed by atoms with Crippen molar-refractivity contribution in [1.29, 1.82) is 0 Å². The van der Waals surface area contributed by atoms with Crippen molar-refractivity contribution in [2.75, 3.05) is 11.1 Å². The van der Waals surface area contributed by atoms with Gasteiger partial charge in [0.25, 0.3) is 0 Å². The van der Waals surface area contributed by atoms with Crippen LogP contribution in [-0.4, -0.2) is 10.8 Å².